The van der Waals surface area contributed by atoms with Gasteiger partial charge in [0.15, 0.2) is 17.7 Å². The van der Waals surface area contributed by atoms with Crippen LogP contribution in [-0.2, 0) is 6.42 Å². The number of benzene rings is 2. The Kier molecular flexibility index (Phi) is 5.41. The Morgan fingerprint density at radius 3 is 2.76 bits per heavy atom. The molecule has 0 saturated carbocycles. The Labute approximate surface area is 199 Å². The van der Waals surface area contributed by atoms with Gasteiger partial charge in [0.05, 0.1) is 11.0 Å². The molecule has 6 heteroatoms. The maximum Gasteiger partial charge on any atom is 0.187 e. The van der Waals surface area contributed by atoms with Gasteiger partial charge in [0, 0.05) is 36.4 Å². The van der Waals surface area contributed by atoms with Crippen molar-refractivity contribution in [2.75, 3.05) is 19.7 Å². The first kappa shape index (κ1) is 21.4. The Morgan fingerprint density at radius 1 is 1.09 bits per heavy atom. The average Bonchev–Trinajstić information content (AvgIpc) is 3.30. The van der Waals surface area contributed by atoms with Crippen molar-refractivity contribution >= 4 is 21.8 Å². The van der Waals surface area contributed by atoms with Gasteiger partial charge in [-0.3, -0.25) is 9.88 Å². The number of ether oxygens (including phenoxy) is 2. The number of fused-ring (bicyclic) bond motifs is 4. The maximum atomic E-state index is 13.8. The summed E-state index contributed by atoms with van der Waals surface area (Å²) in [7, 11) is 0. The minimum atomic E-state index is -0.183. The molecule has 2 aromatic heterocycles. The number of hydrogen-bond donors (Lipinski definition) is 0. The zero-order valence-electron chi connectivity index (χ0n) is 19.7. The smallest absolute Gasteiger partial charge is 0.187 e. The van der Waals surface area contributed by atoms with Crippen LogP contribution in [0, 0.1) is 11.7 Å². The van der Waals surface area contributed by atoms with Crippen LogP contribution in [0.4, 0.5) is 4.39 Å². The lowest BCUT2D eigenvalue weighted by Gasteiger charge is -2.41. The highest BCUT2D eigenvalue weighted by Gasteiger charge is 2.33. The van der Waals surface area contributed by atoms with Gasteiger partial charge in [-0.15, -0.1) is 0 Å². The van der Waals surface area contributed by atoms with Gasteiger partial charge >= 0.3 is 0 Å². The van der Waals surface area contributed by atoms with E-state index in [1.54, 1.807) is 6.07 Å². The van der Waals surface area contributed by atoms with Crippen molar-refractivity contribution in [1.82, 2.24) is 14.5 Å². The van der Waals surface area contributed by atoms with Crippen molar-refractivity contribution in [3.8, 4) is 11.5 Å². The lowest BCUT2D eigenvalue weighted by Crippen LogP contribution is -2.49. The molecule has 2 unspecified atom stereocenters. The predicted molar refractivity (Wildman–Crippen MR) is 132 cm³/mol. The van der Waals surface area contributed by atoms with Gasteiger partial charge in [-0.25, -0.2) is 4.39 Å². The second kappa shape index (κ2) is 8.58. The first-order chi connectivity index (χ1) is 16.6. The molecule has 0 N–H and O–H groups in total. The molecule has 6 rings (SSSR count). The van der Waals surface area contributed by atoms with Gasteiger partial charge in [-0.05, 0) is 86.0 Å². The van der Waals surface area contributed by atoms with E-state index in [2.05, 4.69) is 47.7 Å². The van der Waals surface area contributed by atoms with Crippen LogP contribution in [0.1, 0.15) is 38.4 Å². The van der Waals surface area contributed by atoms with E-state index in [4.69, 9.17) is 14.5 Å². The van der Waals surface area contributed by atoms with Gasteiger partial charge < -0.3 is 14.0 Å². The monoisotopic (exact) mass is 459 g/mol. The minimum Gasteiger partial charge on any atom is -0.484 e. The number of halogens is 1. The molecule has 2 aliphatic heterocycles. The van der Waals surface area contributed by atoms with Gasteiger partial charge in [0.2, 0.25) is 0 Å². The summed E-state index contributed by atoms with van der Waals surface area (Å²) in [5.74, 6) is 1.95. The van der Waals surface area contributed by atoms with Crippen LogP contribution in [0.15, 0.2) is 54.7 Å². The summed E-state index contributed by atoms with van der Waals surface area (Å²) < 4.78 is 28.7. The molecule has 176 valence electrons. The van der Waals surface area contributed by atoms with E-state index in [0.717, 1.165) is 71.4 Å². The summed E-state index contributed by atoms with van der Waals surface area (Å²) in [6, 6.07) is 15.6. The molecule has 34 heavy (non-hydrogen) atoms. The quantitative estimate of drug-likeness (QED) is 0.377. The van der Waals surface area contributed by atoms with E-state index in [1.807, 2.05) is 18.2 Å². The molecule has 1 fully saturated rings. The normalized spacial score (nSPS) is 20.1. The number of aromatic nitrogens is 2. The van der Waals surface area contributed by atoms with Crippen molar-refractivity contribution < 1.29 is 13.9 Å². The summed E-state index contributed by atoms with van der Waals surface area (Å²) in [5, 5.41) is 2.10. The molecule has 2 aromatic carbocycles. The summed E-state index contributed by atoms with van der Waals surface area (Å²) in [4.78, 5) is 7.14. The van der Waals surface area contributed by atoms with Crippen LogP contribution in [0.3, 0.4) is 0 Å². The van der Waals surface area contributed by atoms with Crippen molar-refractivity contribution in [3.05, 3.63) is 66.2 Å². The van der Waals surface area contributed by atoms with Crippen LogP contribution in [0.5, 0.6) is 11.5 Å². The van der Waals surface area contributed by atoms with Gasteiger partial charge in [-0.2, -0.15) is 0 Å². The topological polar surface area (TPSA) is 39.5 Å². The van der Waals surface area contributed by atoms with E-state index in [9.17, 15) is 4.39 Å². The number of nitrogens with zero attached hydrogens (tertiary/aromatic N) is 3. The highest BCUT2D eigenvalue weighted by atomic mass is 19.1. The fourth-order valence-electron chi connectivity index (χ4n) is 5.54. The summed E-state index contributed by atoms with van der Waals surface area (Å²) in [6.07, 6.45) is 5.05. The number of likely N-dealkylation sites (tertiary alicyclic amines) is 1. The van der Waals surface area contributed by atoms with Crippen LogP contribution in [0.25, 0.3) is 21.8 Å². The lowest BCUT2D eigenvalue weighted by molar-refractivity contribution is -0.0453. The number of piperidine rings is 1. The highest BCUT2D eigenvalue weighted by molar-refractivity contribution is 5.88. The lowest BCUT2D eigenvalue weighted by atomic mass is 9.90. The third-order valence-corrected chi connectivity index (χ3v) is 7.63. The zero-order chi connectivity index (χ0) is 23.2. The Bertz CT molecular complexity index is 1340. The van der Waals surface area contributed by atoms with Crippen LogP contribution in [0.2, 0.25) is 0 Å². The van der Waals surface area contributed by atoms with Crippen molar-refractivity contribution in [1.29, 1.82) is 0 Å². The molecule has 0 aliphatic carbocycles. The largest absolute Gasteiger partial charge is 0.484 e. The molecule has 4 aromatic rings. The molecule has 0 spiro atoms. The second-order valence-electron chi connectivity index (χ2n) is 9.54. The van der Waals surface area contributed by atoms with E-state index < -0.39 is 0 Å². The first-order valence-corrected chi connectivity index (χ1v) is 12.3. The number of pyridine rings is 1. The fourth-order valence-corrected chi connectivity index (χ4v) is 5.54. The standard InChI is InChI=1S/C28H30FN3O2/c1-3-22-6-7-23-24(30-22)8-9-26-28(23)34-27(17-33-26)31-13-10-19(11-14-31)18(2)32-15-12-20-4-5-21(29)16-25(20)32/h4-9,12,15-16,18-19,27H,3,10-11,13-14,17H2,1-2H3. The van der Waals surface area contributed by atoms with Gasteiger partial charge in [-0.1, -0.05) is 6.92 Å². The Morgan fingerprint density at radius 2 is 1.94 bits per heavy atom. The summed E-state index contributed by atoms with van der Waals surface area (Å²) in [6.45, 7) is 6.80. The zero-order valence-corrected chi connectivity index (χ0v) is 19.7. The Hall–Kier alpha value is -3.12. The Balaban J connectivity index is 1.16. The number of aryl methyl sites for hydroxylation is 1. The number of rotatable bonds is 4. The molecule has 4 heterocycles. The summed E-state index contributed by atoms with van der Waals surface area (Å²) in [5.41, 5.74) is 3.00. The van der Waals surface area contributed by atoms with Crippen molar-refractivity contribution in [2.24, 2.45) is 5.92 Å². The van der Waals surface area contributed by atoms with Crippen LogP contribution >= 0.6 is 0 Å². The predicted octanol–water partition coefficient (Wildman–Crippen LogP) is 5.96. The third kappa shape index (κ3) is 3.70. The van der Waals surface area contributed by atoms with E-state index in [0.29, 0.717) is 18.6 Å². The van der Waals surface area contributed by atoms with E-state index in [1.165, 1.54) is 6.07 Å². The third-order valence-electron chi connectivity index (χ3n) is 7.63. The van der Waals surface area contributed by atoms with Crippen molar-refractivity contribution in [2.45, 2.75) is 45.4 Å². The van der Waals surface area contributed by atoms with Gasteiger partial charge in [0.25, 0.3) is 0 Å². The maximum absolute atomic E-state index is 13.8. The average molecular weight is 460 g/mol. The molecular weight excluding hydrogens is 429 g/mol. The van der Waals surface area contributed by atoms with Gasteiger partial charge in [0.1, 0.15) is 12.4 Å². The molecule has 0 amide bonds. The number of hydrogen-bond acceptors (Lipinski definition) is 4. The van der Waals surface area contributed by atoms with E-state index in [-0.39, 0.29) is 12.0 Å². The highest BCUT2D eigenvalue weighted by Crippen LogP contribution is 2.40. The molecule has 0 radical (unpaired) electrons. The SMILES string of the molecule is CCc1ccc2c3c(ccc2n1)OCC(N1CCC(C(C)n2ccc4ccc(F)cc42)CC1)O3. The minimum absolute atomic E-state index is 0.0956. The summed E-state index contributed by atoms with van der Waals surface area (Å²) >= 11 is 0. The molecule has 0 bridgehead atoms. The first-order valence-electron chi connectivity index (χ1n) is 12.3. The molecular formula is C28H30FN3O2. The molecule has 2 aliphatic rings. The molecule has 1 saturated heterocycles. The second-order valence-corrected chi connectivity index (χ2v) is 9.54. The van der Waals surface area contributed by atoms with Crippen LogP contribution < -0.4 is 9.47 Å². The molecule has 2 atom stereocenters. The van der Waals surface area contributed by atoms with Crippen molar-refractivity contribution in [3.63, 3.8) is 0 Å². The van der Waals surface area contributed by atoms with E-state index >= 15 is 0 Å². The molecule has 5 nitrogen and oxygen atoms in total. The van der Waals surface area contributed by atoms with Crippen LogP contribution in [-0.4, -0.2) is 40.4 Å². The fraction of sp³-hybridized carbons (Fsp3) is 0.393.